The molecule has 0 saturated carbocycles. The number of Topliss-reactive ketones (excluding diaryl/α,β-unsaturated/α-hetero) is 2. The van der Waals surface area contributed by atoms with Crippen LogP contribution >= 0.6 is 11.6 Å². The Morgan fingerprint density at radius 2 is 1.92 bits per heavy atom. The van der Waals surface area contributed by atoms with Crippen LogP contribution in [-0.4, -0.2) is 11.6 Å². The number of ketones is 2. The monoisotopic (exact) mass is 196 g/mol. The summed E-state index contributed by atoms with van der Waals surface area (Å²) >= 11 is 5.80. The van der Waals surface area contributed by atoms with Crippen LogP contribution in [0.3, 0.4) is 0 Å². The molecule has 13 heavy (non-hydrogen) atoms. The number of halogens is 1. The van der Waals surface area contributed by atoms with Crippen LogP contribution in [0.25, 0.3) is 0 Å². The maximum Gasteiger partial charge on any atom is 0.228 e. The summed E-state index contributed by atoms with van der Waals surface area (Å²) in [5.74, 6) is -0.971. The van der Waals surface area contributed by atoms with Gasteiger partial charge in [0, 0.05) is 17.5 Å². The average Bonchev–Trinajstić information content (AvgIpc) is 2.08. The summed E-state index contributed by atoms with van der Waals surface area (Å²) in [4.78, 5) is 21.9. The van der Waals surface area contributed by atoms with E-state index in [0.29, 0.717) is 10.6 Å². The lowest BCUT2D eigenvalue weighted by atomic mass is 10.1. The molecule has 3 heteroatoms. The zero-order chi connectivity index (χ0) is 10.0. The molecule has 0 aliphatic rings. The molecule has 1 rings (SSSR count). The Hall–Kier alpha value is -1.15. The third kappa shape index (κ3) is 2.16. The minimum absolute atomic E-state index is 0.350. The van der Waals surface area contributed by atoms with Crippen LogP contribution in [0.2, 0.25) is 5.02 Å². The first kappa shape index (κ1) is 9.93. The van der Waals surface area contributed by atoms with Gasteiger partial charge in [-0.05, 0) is 18.6 Å². The van der Waals surface area contributed by atoms with E-state index in [1.807, 2.05) is 6.92 Å². The zero-order valence-electron chi connectivity index (χ0n) is 7.43. The summed E-state index contributed by atoms with van der Waals surface area (Å²) < 4.78 is 0. The highest BCUT2D eigenvalue weighted by molar-refractivity contribution is 6.43. The van der Waals surface area contributed by atoms with Crippen molar-refractivity contribution in [2.75, 3.05) is 0 Å². The molecule has 0 spiro atoms. The Labute approximate surface area is 81.5 Å². The number of hydrogen-bond donors (Lipinski definition) is 0. The SMILES string of the molecule is CC(=O)C(=O)c1ccc(C)c(Cl)c1. The lowest BCUT2D eigenvalue weighted by molar-refractivity contribution is -0.113. The van der Waals surface area contributed by atoms with E-state index in [-0.39, 0.29) is 0 Å². The summed E-state index contributed by atoms with van der Waals surface area (Å²) in [6.07, 6.45) is 0. The highest BCUT2D eigenvalue weighted by atomic mass is 35.5. The van der Waals surface area contributed by atoms with Gasteiger partial charge in [-0.15, -0.1) is 0 Å². The van der Waals surface area contributed by atoms with Gasteiger partial charge in [-0.1, -0.05) is 23.7 Å². The summed E-state index contributed by atoms with van der Waals surface area (Å²) in [6, 6.07) is 4.84. The van der Waals surface area contributed by atoms with Crippen LogP contribution in [0.15, 0.2) is 18.2 Å². The van der Waals surface area contributed by atoms with Crippen LogP contribution in [0.1, 0.15) is 22.8 Å². The molecule has 0 amide bonds. The number of rotatable bonds is 2. The Morgan fingerprint density at radius 1 is 1.31 bits per heavy atom. The van der Waals surface area contributed by atoms with Gasteiger partial charge < -0.3 is 0 Å². The van der Waals surface area contributed by atoms with Gasteiger partial charge in [0.2, 0.25) is 5.78 Å². The van der Waals surface area contributed by atoms with Gasteiger partial charge in [0.15, 0.2) is 5.78 Å². The van der Waals surface area contributed by atoms with Crippen LogP contribution in [0.5, 0.6) is 0 Å². The number of benzene rings is 1. The van der Waals surface area contributed by atoms with Crippen LogP contribution in [-0.2, 0) is 4.79 Å². The van der Waals surface area contributed by atoms with Gasteiger partial charge in [-0.3, -0.25) is 9.59 Å². The largest absolute Gasteiger partial charge is 0.291 e. The van der Waals surface area contributed by atoms with E-state index in [0.717, 1.165) is 5.56 Å². The fraction of sp³-hybridized carbons (Fsp3) is 0.200. The molecule has 0 unspecified atom stereocenters. The second kappa shape index (κ2) is 3.71. The number of aryl methyl sites for hydroxylation is 1. The summed E-state index contributed by atoms with van der Waals surface area (Å²) in [5.41, 5.74) is 1.24. The zero-order valence-corrected chi connectivity index (χ0v) is 8.18. The molecule has 0 heterocycles. The number of hydrogen-bond acceptors (Lipinski definition) is 2. The summed E-state index contributed by atoms with van der Waals surface area (Å²) in [6.45, 7) is 3.08. The minimum Gasteiger partial charge on any atom is -0.291 e. The van der Waals surface area contributed by atoms with Gasteiger partial charge in [-0.25, -0.2) is 0 Å². The fourth-order valence-electron chi connectivity index (χ4n) is 0.937. The molecule has 0 aliphatic carbocycles. The summed E-state index contributed by atoms with van der Waals surface area (Å²) in [5, 5.41) is 0.507. The van der Waals surface area contributed by atoms with Crippen molar-refractivity contribution in [2.45, 2.75) is 13.8 Å². The van der Waals surface area contributed by atoms with E-state index in [1.165, 1.54) is 13.0 Å². The molecule has 0 aliphatic heterocycles. The van der Waals surface area contributed by atoms with Gasteiger partial charge in [-0.2, -0.15) is 0 Å². The van der Waals surface area contributed by atoms with E-state index in [4.69, 9.17) is 11.6 Å². The van der Waals surface area contributed by atoms with Crippen molar-refractivity contribution in [3.05, 3.63) is 34.3 Å². The quantitative estimate of drug-likeness (QED) is 0.538. The Morgan fingerprint density at radius 3 is 2.38 bits per heavy atom. The third-order valence-corrected chi connectivity index (χ3v) is 2.16. The Bertz CT molecular complexity index is 369. The number of carbonyl (C=O) groups is 2. The van der Waals surface area contributed by atoms with Gasteiger partial charge in [0.05, 0.1) is 0 Å². The number of carbonyl (C=O) groups excluding carboxylic acids is 2. The van der Waals surface area contributed by atoms with Crippen molar-refractivity contribution in [2.24, 2.45) is 0 Å². The first-order chi connectivity index (χ1) is 6.02. The molecular formula is C10H9ClO2. The normalized spacial score (nSPS) is 9.77. The molecule has 2 nitrogen and oxygen atoms in total. The van der Waals surface area contributed by atoms with Crippen LogP contribution < -0.4 is 0 Å². The predicted octanol–water partition coefficient (Wildman–Crippen LogP) is 2.42. The molecular weight excluding hydrogens is 188 g/mol. The van der Waals surface area contributed by atoms with Crippen molar-refractivity contribution in [1.82, 2.24) is 0 Å². The molecule has 0 fully saturated rings. The maximum absolute atomic E-state index is 11.2. The van der Waals surface area contributed by atoms with E-state index in [9.17, 15) is 9.59 Å². The van der Waals surface area contributed by atoms with Crippen molar-refractivity contribution in [3.8, 4) is 0 Å². The molecule has 0 bridgehead atoms. The van der Waals surface area contributed by atoms with E-state index in [1.54, 1.807) is 12.1 Å². The van der Waals surface area contributed by atoms with E-state index >= 15 is 0 Å². The standard InChI is InChI=1S/C10H9ClO2/c1-6-3-4-8(5-9(6)11)10(13)7(2)12/h3-5H,1-2H3. The highest BCUT2D eigenvalue weighted by Crippen LogP contribution is 2.16. The smallest absolute Gasteiger partial charge is 0.228 e. The van der Waals surface area contributed by atoms with Crippen LogP contribution in [0.4, 0.5) is 0 Å². The molecule has 0 atom stereocenters. The molecule has 1 aromatic rings. The second-order valence-electron chi connectivity index (χ2n) is 2.85. The average molecular weight is 197 g/mol. The van der Waals surface area contributed by atoms with E-state index in [2.05, 4.69) is 0 Å². The Kier molecular flexibility index (Phi) is 2.83. The van der Waals surface area contributed by atoms with Crippen molar-refractivity contribution < 1.29 is 9.59 Å². The Balaban J connectivity index is 3.11. The van der Waals surface area contributed by atoms with Crippen molar-refractivity contribution in [1.29, 1.82) is 0 Å². The minimum atomic E-state index is -0.498. The molecule has 1 aromatic carbocycles. The predicted molar refractivity (Wildman–Crippen MR) is 51.2 cm³/mol. The topological polar surface area (TPSA) is 34.1 Å². The van der Waals surface area contributed by atoms with Crippen LogP contribution in [0, 0.1) is 6.92 Å². The first-order valence-corrected chi connectivity index (χ1v) is 4.21. The van der Waals surface area contributed by atoms with E-state index < -0.39 is 11.6 Å². The molecule has 0 saturated heterocycles. The summed E-state index contributed by atoms with van der Waals surface area (Å²) in [7, 11) is 0. The van der Waals surface area contributed by atoms with Gasteiger partial charge >= 0.3 is 0 Å². The lowest BCUT2D eigenvalue weighted by Crippen LogP contribution is -2.09. The lowest BCUT2D eigenvalue weighted by Gasteiger charge is -2.00. The first-order valence-electron chi connectivity index (χ1n) is 3.84. The van der Waals surface area contributed by atoms with Crippen molar-refractivity contribution in [3.63, 3.8) is 0 Å². The molecule has 0 N–H and O–H groups in total. The second-order valence-corrected chi connectivity index (χ2v) is 3.26. The van der Waals surface area contributed by atoms with Crippen molar-refractivity contribution >= 4 is 23.2 Å². The maximum atomic E-state index is 11.2. The fourth-order valence-corrected chi connectivity index (χ4v) is 1.12. The van der Waals surface area contributed by atoms with Gasteiger partial charge in [0.1, 0.15) is 0 Å². The highest BCUT2D eigenvalue weighted by Gasteiger charge is 2.11. The molecule has 68 valence electrons. The third-order valence-electron chi connectivity index (χ3n) is 1.75. The molecule has 0 aromatic heterocycles. The molecule has 0 radical (unpaired) electrons. The van der Waals surface area contributed by atoms with Gasteiger partial charge in [0.25, 0.3) is 0 Å².